The first-order valence-electron chi connectivity index (χ1n) is 5.37. The summed E-state index contributed by atoms with van der Waals surface area (Å²) in [4.78, 5) is 3.73. The van der Waals surface area contributed by atoms with Gasteiger partial charge in [-0.05, 0) is 24.8 Å². The number of nitrogens with one attached hydrogen (secondary N) is 1. The average Bonchev–Trinajstić information content (AvgIpc) is 2.29. The molecule has 102 valence electrons. The molecule has 1 aromatic rings. The van der Waals surface area contributed by atoms with Gasteiger partial charge in [-0.25, -0.2) is 4.98 Å². The van der Waals surface area contributed by atoms with Crippen LogP contribution in [0.3, 0.4) is 0 Å². The lowest BCUT2D eigenvalue weighted by atomic mass is 10.2. The third-order valence-corrected chi connectivity index (χ3v) is 3.04. The highest BCUT2D eigenvalue weighted by atomic mass is 32.2. The number of aliphatic hydroxyl groups is 1. The van der Waals surface area contributed by atoms with E-state index in [0.717, 1.165) is 6.07 Å². The summed E-state index contributed by atoms with van der Waals surface area (Å²) < 4.78 is 38.2. The summed E-state index contributed by atoms with van der Waals surface area (Å²) in [5, 5.41) is 11.6. The van der Waals surface area contributed by atoms with Gasteiger partial charge in [0.05, 0.1) is 5.56 Å². The second kappa shape index (κ2) is 6.84. The van der Waals surface area contributed by atoms with Crippen molar-refractivity contribution < 1.29 is 18.3 Å². The smallest absolute Gasteiger partial charge is 0.396 e. The van der Waals surface area contributed by atoms with Crippen molar-refractivity contribution in [2.24, 2.45) is 0 Å². The van der Waals surface area contributed by atoms with Crippen molar-refractivity contribution in [3.63, 3.8) is 0 Å². The highest BCUT2D eigenvalue weighted by molar-refractivity contribution is 7.98. The molecule has 0 aliphatic heterocycles. The van der Waals surface area contributed by atoms with E-state index in [2.05, 4.69) is 10.3 Å². The number of anilines is 1. The van der Waals surface area contributed by atoms with Crippen LogP contribution in [-0.2, 0) is 6.18 Å². The number of nitrogens with zero attached hydrogens (tertiary/aromatic N) is 1. The molecule has 7 heteroatoms. The first kappa shape index (κ1) is 15.1. The standard InChI is InChI=1S/C11H15F3N2OS/c1-18-7-8(4-6-17)16-10-9(11(12,13)14)3-2-5-15-10/h2-3,5,8,17H,4,6-7H2,1H3,(H,15,16)/t8-/m0/s1. The van der Waals surface area contributed by atoms with Gasteiger partial charge in [0.1, 0.15) is 5.82 Å². The Kier molecular flexibility index (Phi) is 5.74. The molecule has 0 fully saturated rings. The van der Waals surface area contributed by atoms with Gasteiger partial charge in [0.15, 0.2) is 0 Å². The van der Waals surface area contributed by atoms with E-state index in [1.54, 1.807) is 0 Å². The van der Waals surface area contributed by atoms with Gasteiger partial charge in [-0.3, -0.25) is 0 Å². The summed E-state index contributed by atoms with van der Waals surface area (Å²) in [7, 11) is 0. The molecule has 2 N–H and O–H groups in total. The van der Waals surface area contributed by atoms with E-state index in [9.17, 15) is 13.2 Å². The Morgan fingerprint density at radius 2 is 2.22 bits per heavy atom. The SMILES string of the molecule is CSC[C@H](CCO)Nc1ncccc1C(F)(F)F. The zero-order chi connectivity index (χ0) is 13.6. The maximum Gasteiger partial charge on any atom is 0.419 e. The quantitative estimate of drug-likeness (QED) is 0.841. The monoisotopic (exact) mass is 280 g/mol. The lowest BCUT2D eigenvalue weighted by Crippen LogP contribution is -2.26. The van der Waals surface area contributed by atoms with E-state index in [1.807, 2.05) is 6.26 Å². The van der Waals surface area contributed by atoms with Crippen molar-refractivity contribution in [1.82, 2.24) is 4.98 Å². The molecule has 0 radical (unpaired) electrons. The molecule has 1 rings (SSSR count). The first-order valence-corrected chi connectivity index (χ1v) is 6.77. The molecule has 3 nitrogen and oxygen atoms in total. The van der Waals surface area contributed by atoms with E-state index >= 15 is 0 Å². The summed E-state index contributed by atoms with van der Waals surface area (Å²) in [6.45, 7) is -0.0770. The Labute approximate surface area is 108 Å². The van der Waals surface area contributed by atoms with Crippen molar-refractivity contribution in [3.05, 3.63) is 23.9 Å². The van der Waals surface area contributed by atoms with E-state index in [1.165, 1.54) is 24.0 Å². The molecule has 0 unspecified atom stereocenters. The lowest BCUT2D eigenvalue weighted by molar-refractivity contribution is -0.137. The van der Waals surface area contributed by atoms with Crippen molar-refractivity contribution in [2.75, 3.05) is 23.9 Å². The maximum absolute atomic E-state index is 12.7. The van der Waals surface area contributed by atoms with E-state index < -0.39 is 11.7 Å². The van der Waals surface area contributed by atoms with Crippen molar-refractivity contribution in [1.29, 1.82) is 0 Å². The summed E-state index contributed by atoms with van der Waals surface area (Å²) in [5.41, 5.74) is -0.783. The summed E-state index contributed by atoms with van der Waals surface area (Å²) >= 11 is 1.50. The zero-order valence-electron chi connectivity index (χ0n) is 9.87. The third kappa shape index (κ3) is 4.38. The zero-order valence-corrected chi connectivity index (χ0v) is 10.7. The molecule has 0 aromatic carbocycles. The Morgan fingerprint density at radius 1 is 1.50 bits per heavy atom. The Balaban J connectivity index is 2.88. The highest BCUT2D eigenvalue weighted by Crippen LogP contribution is 2.33. The van der Waals surface area contributed by atoms with Gasteiger partial charge < -0.3 is 10.4 Å². The number of aliphatic hydroxyl groups excluding tert-OH is 1. The fourth-order valence-electron chi connectivity index (χ4n) is 1.50. The van der Waals surface area contributed by atoms with E-state index in [-0.39, 0.29) is 18.5 Å². The minimum absolute atomic E-state index is 0.0770. The summed E-state index contributed by atoms with van der Waals surface area (Å²) in [5.74, 6) is 0.423. The predicted molar refractivity (Wildman–Crippen MR) is 66.7 cm³/mol. The molecule has 1 heterocycles. The minimum atomic E-state index is -4.43. The van der Waals surface area contributed by atoms with Gasteiger partial charge in [0.25, 0.3) is 0 Å². The minimum Gasteiger partial charge on any atom is -0.396 e. The van der Waals surface area contributed by atoms with Crippen molar-refractivity contribution >= 4 is 17.6 Å². The second-order valence-electron chi connectivity index (χ2n) is 3.71. The van der Waals surface area contributed by atoms with Crippen LogP contribution < -0.4 is 5.32 Å². The second-order valence-corrected chi connectivity index (χ2v) is 4.62. The van der Waals surface area contributed by atoms with Crippen LogP contribution in [0.25, 0.3) is 0 Å². The number of rotatable bonds is 6. The van der Waals surface area contributed by atoms with Gasteiger partial charge in [0.2, 0.25) is 0 Å². The van der Waals surface area contributed by atoms with Gasteiger partial charge in [-0.2, -0.15) is 24.9 Å². The van der Waals surface area contributed by atoms with Crippen LogP contribution in [0.2, 0.25) is 0 Å². The van der Waals surface area contributed by atoms with E-state index in [0.29, 0.717) is 12.2 Å². The Bertz CT molecular complexity index is 368. The number of pyridine rings is 1. The van der Waals surface area contributed by atoms with Gasteiger partial charge >= 0.3 is 6.18 Å². The number of hydrogen-bond acceptors (Lipinski definition) is 4. The predicted octanol–water partition coefficient (Wildman–Crippen LogP) is 2.63. The molecule has 18 heavy (non-hydrogen) atoms. The third-order valence-electron chi connectivity index (χ3n) is 2.30. The van der Waals surface area contributed by atoms with Gasteiger partial charge in [-0.15, -0.1) is 0 Å². The van der Waals surface area contributed by atoms with Gasteiger partial charge in [0, 0.05) is 24.6 Å². The number of aromatic nitrogens is 1. The number of halogens is 3. The highest BCUT2D eigenvalue weighted by Gasteiger charge is 2.34. The van der Waals surface area contributed by atoms with Crippen LogP contribution in [-0.4, -0.2) is 34.7 Å². The lowest BCUT2D eigenvalue weighted by Gasteiger charge is -2.20. The fourth-order valence-corrected chi connectivity index (χ4v) is 2.15. The summed E-state index contributed by atoms with van der Waals surface area (Å²) in [6, 6.07) is 2.01. The number of alkyl halides is 3. The first-order chi connectivity index (χ1) is 8.49. The molecule has 1 atom stereocenters. The van der Waals surface area contributed by atoms with Gasteiger partial charge in [-0.1, -0.05) is 0 Å². The summed E-state index contributed by atoms with van der Waals surface area (Å²) in [6.07, 6.45) is -0.879. The molecule has 0 bridgehead atoms. The molecule has 0 saturated heterocycles. The van der Waals surface area contributed by atoms with Crippen LogP contribution in [0.5, 0.6) is 0 Å². The normalized spacial score (nSPS) is 13.4. The average molecular weight is 280 g/mol. The molecule has 0 spiro atoms. The molecule has 0 saturated carbocycles. The van der Waals surface area contributed by atoms with Crippen LogP contribution in [0.15, 0.2) is 18.3 Å². The largest absolute Gasteiger partial charge is 0.419 e. The van der Waals surface area contributed by atoms with Crippen LogP contribution in [0.1, 0.15) is 12.0 Å². The van der Waals surface area contributed by atoms with Crippen LogP contribution >= 0.6 is 11.8 Å². The molecule has 0 aliphatic rings. The van der Waals surface area contributed by atoms with Crippen LogP contribution in [0, 0.1) is 0 Å². The molecule has 0 aliphatic carbocycles. The Morgan fingerprint density at radius 3 is 2.78 bits per heavy atom. The molecule has 1 aromatic heterocycles. The molecular weight excluding hydrogens is 265 g/mol. The number of hydrogen-bond donors (Lipinski definition) is 2. The van der Waals surface area contributed by atoms with Crippen LogP contribution in [0.4, 0.5) is 19.0 Å². The van der Waals surface area contributed by atoms with Crippen molar-refractivity contribution in [2.45, 2.75) is 18.6 Å². The van der Waals surface area contributed by atoms with Crippen molar-refractivity contribution in [3.8, 4) is 0 Å². The Hall–Kier alpha value is -0.950. The fraction of sp³-hybridized carbons (Fsp3) is 0.545. The number of thioether (sulfide) groups is 1. The molecule has 0 amide bonds. The van der Waals surface area contributed by atoms with E-state index in [4.69, 9.17) is 5.11 Å². The molecular formula is C11H15F3N2OS. The maximum atomic E-state index is 12.7. The topological polar surface area (TPSA) is 45.1 Å².